The van der Waals surface area contributed by atoms with Gasteiger partial charge in [-0.15, -0.1) is 0 Å². The first-order valence-corrected chi connectivity index (χ1v) is 11.9. The van der Waals surface area contributed by atoms with Gasteiger partial charge in [-0.2, -0.15) is 0 Å². The van der Waals surface area contributed by atoms with Crippen molar-refractivity contribution >= 4 is 0 Å². The number of ether oxygens (including phenoxy) is 1. The molecule has 1 nitrogen and oxygen atoms in total. The zero-order chi connectivity index (χ0) is 19.1. The lowest BCUT2D eigenvalue weighted by molar-refractivity contribution is 0.178. The maximum absolute atomic E-state index is 6.21. The van der Waals surface area contributed by atoms with E-state index in [1.165, 1.54) is 82.6 Å². The van der Waals surface area contributed by atoms with Crippen molar-refractivity contribution in [3.8, 4) is 5.75 Å². The molecule has 0 atom stereocenters. The van der Waals surface area contributed by atoms with E-state index in [-0.39, 0.29) is 0 Å². The van der Waals surface area contributed by atoms with Crippen LogP contribution in [0.25, 0.3) is 0 Å². The summed E-state index contributed by atoms with van der Waals surface area (Å²) >= 11 is 0. The van der Waals surface area contributed by atoms with Crippen molar-refractivity contribution < 1.29 is 4.74 Å². The Kier molecular flexibility index (Phi) is 8.09. The van der Waals surface area contributed by atoms with Gasteiger partial charge in [0.2, 0.25) is 0 Å². The fourth-order valence-corrected chi connectivity index (χ4v) is 5.68. The summed E-state index contributed by atoms with van der Waals surface area (Å²) in [5.74, 6) is 4.61. The van der Waals surface area contributed by atoms with E-state index in [2.05, 4.69) is 39.0 Å². The number of hydrogen-bond acceptors (Lipinski definition) is 1. The summed E-state index contributed by atoms with van der Waals surface area (Å²) in [6.45, 7) is 7.85. The van der Waals surface area contributed by atoms with Gasteiger partial charge in [-0.05, 0) is 92.4 Å². The molecule has 27 heavy (non-hydrogen) atoms. The van der Waals surface area contributed by atoms with Gasteiger partial charge < -0.3 is 4.74 Å². The summed E-state index contributed by atoms with van der Waals surface area (Å²) in [4.78, 5) is 0. The minimum absolute atomic E-state index is 0.770. The van der Waals surface area contributed by atoms with Crippen LogP contribution in [0.1, 0.15) is 108 Å². The van der Waals surface area contributed by atoms with Crippen molar-refractivity contribution in [1.82, 2.24) is 0 Å². The molecule has 2 fully saturated rings. The largest absolute Gasteiger partial charge is 0.493 e. The Hall–Kier alpha value is -0.980. The highest BCUT2D eigenvalue weighted by Crippen LogP contribution is 2.39. The van der Waals surface area contributed by atoms with Crippen LogP contribution < -0.4 is 4.74 Å². The average molecular weight is 371 g/mol. The van der Waals surface area contributed by atoms with Gasteiger partial charge in [-0.3, -0.25) is 0 Å². The summed E-state index contributed by atoms with van der Waals surface area (Å²) < 4.78 is 6.21. The van der Waals surface area contributed by atoms with Gasteiger partial charge in [0.05, 0.1) is 6.61 Å². The molecule has 0 amide bonds. The van der Waals surface area contributed by atoms with Crippen LogP contribution in [0.2, 0.25) is 0 Å². The molecule has 2 saturated carbocycles. The number of aryl methyl sites for hydroxylation is 1. The third-order valence-corrected chi connectivity index (χ3v) is 7.37. The Morgan fingerprint density at radius 3 is 1.89 bits per heavy atom. The first kappa shape index (κ1) is 20.7. The van der Waals surface area contributed by atoms with E-state index in [1.807, 2.05) is 0 Å². The summed E-state index contributed by atoms with van der Waals surface area (Å²) in [7, 11) is 0. The third-order valence-electron chi connectivity index (χ3n) is 7.37. The average Bonchev–Trinajstić information content (AvgIpc) is 2.69. The number of rotatable bonds is 8. The second-order valence-corrected chi connectivity index (χ2v) is 9.51. The van der Waals surface area contributed by atoms with Crippen molar-refractivity contribution in [2.75, 3.05) is 6.61 Å². The molecular formula is C26H42O. The Balaban J connectivity index is 1.46. The summed E-state index contributed by atoms with van der Waals surface area (Å²) in [6.07, 6.45) is 16.7. The predicted molar refractivity (Wildman–Crippen MR) is 117 cm³/mol. The molecule has 1 heteroatoms. The van der Waals surface area contributed by atoms with Crippen LogP contribution in [0.5, 0.6) is 5.75 Å². The van der Waals surface area contributed by atoms with E-state index in [4.69, 9.17) is 4.74 Å². The van der Waals surface area contributed by atoms with Crippen molar-refractivity contribution in [3.05, 3.63) is 29.3 Å². The summed E-state index contributed by atoms with van der Waals surface area (Å²) in [5.41, 5.74) is 3.02. The van der Waals surface area contributed by atoms with Crippen LogP contribution in [-0.4, -0.2) is 6.61 Å². The highest BCUT2D eigenvalue weighted by Gasteiger charge is 2.24. The molecule has 0 saturated heterocycles. The Labute approximate surface area is 168 Å². The van der Waals surface area contributed by atoms with Gasteiger partial charge in [0.15, 0.2) is 0 Å². The smallest absolute Gasteiger partial charge is 0.119 e. The maximum atomic E-state index is 6.21. The summed E-state index contributed by atoms with van der Waals surface area (Å²) in [6, 6.07) is 6.91. The molecule has 2 aliphatic rings. The number of hydrogen-bond donors (Lipinski definition) is 0. The molecule has 0 N–H and O–H groups in total. The molecule has 1 aromatic rings. The topological polar surface area (TPSA) is 9.23 Å². The number of benzene rings is 1. The van der Waals surface area contributed by atoms with Gasteiger partial charge >= 0.3 is 0 Å². The second kappa shape index (κ2) is 10.5. The minimum atomic E-state index is 0.770. The molecule has 0 spiro atoms. The fraction of sp³-hybridized carbons (Fsp3) is 0.769. The minimum Gasteiger partial charge on any atom is -0.493 e. The normalized spacial score (nSPS) is 28.9. The molecule has 0 aromatic heterocycles. The van der Waals surface area contributed by atoms with E-state index in [1.54, 1.807) is 5.56 Å². The maximum Gasteiger partial charge on any atom is 0.119 e. The van der Waals surface area contributed by atoms with Gasteiger partial charge in [-0.25, -0.2) is 0 Å². The highest BCUT2D eigenvalue weighted by atomic mass is 16.5. The van der Waals surface area contributed by atoms with Crippen LogP contribution >= 0.6 is 0 Å². The molecule has 0 heterocycles. The van der Waals surface area contributed by atoms with Crippen LogP contribution in [0.3, 0.4) is 0 Å². The van der Waals surface area contributed by atoms with Crippen molar-refractivity contribution in [2.45, 2.75) is 104 Å². The van der Waals surface area contributed by atoms with Gasteiger partial charge in [-0.1, -0.05) is 58.4 Å². The van der Waals surface area contributed by atoms with Crippen LogP contribution in [0.15, 0.2) is 18.2 Å². The van der Waals surface area contributed by atoms with E-state index < -0.39 is 0 Å². The molecule has 152 valence electrons. The van der Waals surface area contributed by atoms with E-state index in [9.17, 15) is 0 Å². The van der Waals surface area contributed by atoms with Crippen molar-refractivity contribution in [1.29, 1.82) is 0 Å². The zero-order valence-electron chi connectivity index (χ0n) is 18.1. The van der Waals surface area contributed by atoms with Crippen molar-refractivity contribution in [2.24, 2.45) is 17.8 Å². The Morgan fingerprint density at radius 2 is 1.33 bits per heavy atom. The van der Waals surface area contributed by atoms with E-state index in [0.29, 0.717) is 0 Å². The molecule has 0 aliphatic heterocycles. The Morgan fingerprint density at radius 1 is 0.778 bits per heavy atom. The third kappa shape index (κ3) is 6.00. The summed E-state index contributed by atoms with van der Waals surface area (Å²) in [5, 5.41) is 0. The zero-order valence-corrected chi connectivity index (χ0v) is 18.1. The lowest BCUT2D eigenvalue weighted by atomic mass is 9.76. The van der Waals surface area contributed by atoms with E-state index >= 15 is 0 Å². The molecule has 0 radical (unpaired) electrons. The molecule has 0 bridgehead atoms. The molecule has 1 aromatic carbocycles. The predicted octanol–water partition coefficient (Wildman–Crippen LogP) is 8.05. The quantitative estimate of drug-likeness (QED) is 0.449. The Bertz CT molecular complexity index is 547. The highest BCUT2D eigenvalue weighted by molar-refractivity contribution is 5.37. The molecular weight excluding hydrogens is 328 g/mol. The molecule has 3 rings (SSSR count). The fourth-order valence-electron chi connectivity index (χ4n) is 5.68. The molecule has 2 aliphatic carbocycles. The van der Waals surface area contributed by atoms with Gasteiger partial charge in [0.25, 0.3) is 0 Å². The van der Waals surface area contributed by atoms with Crippen LogP contribution in [0.4, 0.5) is 0 Å². The van der Waals surface area contributed by atoms with E-state index in [0.717, 1.165) is 36.0 Å². The van der Waals surface area contributed by atoms with Crippen LogP contribution in [0, 0.1) is 24.7 Å². The monoisotopic (exact) mass is 370 g/mol. The first-order valence-electron chi connectivity index (χ1n) is 11.9. The lowest BCUT2D eigenvalue weighted by Gasteiger charge is -2.30. The first-order chi connectivity index (χ1) is 13.2. The standard InChI is InChI=1S/C26H42O/c1-4-6-21-8-10-23(11-9-21)19-27-25-16-17-26(20(3)18-25)24-14-12-22(7-5-2)13-15-24/h16-18,21-24H,4-15,19H2,1-3H3. The lowest BCUT2D eigenvalue weighted by Crippen LogP contribution is -2.20. The molecule has 0 unspecified atom stereocenters. The van der Waals surface area contributed by atoms with Crippen LogP contribution in [-0.2, 0) is 0 Å². The van der Waals surface area contributed by atoms with Gasteiger partial charge in [0.1, 0.15) is 5.75 Å². The second-order valence-electron chi connectivity index (χ2n) is 9.51. The SMILES string of the molecule is CCCC1CCC(COc2ccc(C3CCC(CCC)CC3)c(C)c2)CC1. The van der Waals surface area contributed by atoms with Gasteiger partial charge in [0, 0.05) is 0 Å². The van der Waals surface area contributed by atoms with Crippen molar-refractivity contribution in [3.63, 3.8) is 0 Å².